The molecule has 6 nitrogen and oxygen atoms in total. The fraction of sp³-hybridized carbons (Fsp3) is 0.808. The molecule has 0 aromatic carbocycles. The number of likely N-dealkylation sites (tertiary alicyclic amines) is 2. The molecule has 0 unspecified atom stereocenters. The number of aromatic nitrogens is 2. The quantitative estimate of drug-likeness (QED) is 0.756. The summed E-state index contributed by atoms with van der Waals surface area (Å²) in [5.41, 5.74) is 0.453. The minimum absolute atomic E-state index is 0.0473. The maximum Gasteiger partial charge on any atom is 0.251 e. The second kappa shape index (κ2) is 10.1. The molecule has 178 valence electrons. The lowest BCUT2D eigenvalue weighted by molar-refractivity contribution is -0.140. The number of aromatic amines is 1. The van der Waals surface area contributed by atoms with E-state index in [1.807, 2.05) is 25.7 Å². The third kappa shape index (κ3) is 5.81. The summed E-state index contributed by atoms with van der Waals surface area (Å²) in [6, 6.07) is 1.66. The monoisotopic (exact) mass is 442 g/mol. The van der Waals surface area contributed by atoms with Gasteiger partial charge in [0.15, 0.2) is 0 Å². The molecule has 1 saturated carbocycles. The summed E-state index contributed by atoms with van der Waals surface area (Å²) in [4.78, 5) is 37.9. The summed E-state index contributed by atoms with van der Waals surface area (Å²) in [7, 11) is 0. The Hall–Kier alpha value is -1.69. The van der Waals surface area contributed by atoms with Crippen LogP contribution in [0.15, 0.2) is 10.9 Å². The lowest BCUT2D eigenvalue weighted by Crippen LogP contribution is -2.45. The average Bonchev–Trinajstić information content (AvgIpc) is 2.79. The summed E-state index contributed by atoms with van der Waals surface area (Å²) in [5, 5.41) is 0. The van der Waals surface area contributed by atoms with Crippen molar-refractivity contribution in [3.63, 3.8) is 0 Å². The van der Waals surface area contributed by atoms with Crippen LogP contribution >= 0.6 is 0 Å². The maximum absolute atomic E-state index is 12.8. The fourth-order valence-corrected chi connectivity index (χ4v) is 5.90. The molecule has 2 aliphatic heterocycles. The third-order valence-electron chi connectivity index (χ3n) is 7.76. The Morgan fingerprint density at radius 1 is 1.00 bits per heavy atom. The molecule has 1 atom stereocenters. The number of carbonyl (C=O) groups excluding carboxylic acids is 1. The van der Waals surface area contributed by atoms with Crippen molar-refractivity contribution in [2.75, 3.05) is 32.7 Å². The number of hydrogen-bond acceptors (Lipinski definition) is 4. The maximum atomic E-state index is 12.8. The zero-order valence-corrected chi connectivity index (χ0v) is 20.4. The molecule has 3 aliphatic rings. The second-order valence-corrected chi connectivity index (χ2v) is 11.5. The van der Waals surface area contributed by atoms with E-state index in [1.165, 1.54) is 38.6 Å². The van der Waals surface area contributed by atoms with Gasteiger partial charge in [0, 0.05) is 43.0 Å². The summed E-state index contributed by atoms with van der Waals surface area (Å²) in [6.45, 7) is 10.9. The molecule has 6 heteroatoms. The molecule has 0 spiro atoms. The van der Waals surface area contributed by atoms with E-state index >= 15 is 0 Å². The Balaban J connectivity index is 1.39. The SMILES string of the molecule is CC(C)(C)C(=O)N1CCC[C@H](c2cc(=O)[nH]c(C3CCN(CC4CCCCC4)CC3)n2)C1. The summed E-state index contributed by atoms with van der Waals surface area (Å²) in [5.74, 6) is 2.43. The molecule has 32 heavy (non-hydrogen) atoms. The largest absolute Gasteiger partial charge is 0.342 e. The number of hydrogen-bond donors (Lipinski definition) is 1. The van der Waals surface area contributed by atoms with Gasteiger partial charge < -0.3 is 14.8 Å². The Kier molecular flexibility index (Phi) is 7.38. The van der Waals surface area contributed by atoms with Crippen molar-refractivity contribution in [3.8, 4) is 0 Å². The average molecular weight is 443 g/mol. The molecule has 1 N–H and O–H groups in total. The van der Waals surface area contributed by atoms with Crippen LogP contribution in [0.5, 0.6) is 0 Å². The van der Waals surface area contributed by atoms with Gasteiger partial charge in [0.2, 0.25) is 5.91 Å². The predicted octanol–water partition coefficient (Wildman–Crippen LogP) is 4.28. The molecule has 0 radical (unpaired) electrons. The number of rotatable bonds is 4. The van der Waals surface area contributed by atoms with Crippen LogP contribution in [-0.2, 0) is 4.79 Å². The van der Waals surface area contributed by atoms with Crippen LogP contribution in [0.25, 0.3) is 0 Å². The highest BCUT2D eigenvalue weighted by Crippen LogP contribution is 2.31. The molecule has 3 fully saturated rings. The van der Waals surface area contributed by atoms with Gasteiger partial charge in [-0.15, -0.1) is 0 Å². The minimum atomic E-state index is -0.375. The highest BCUT2D eigenvalue weighted by molar-refractivity contribution is 5.81. The Bertz CT molecular complexity index is 829. The standard InChI is InChI=1S/C26H42N4O2/c1-26(2,3)25(32)30-13-7-10-21(18-30)22-16-23(31)28-24(27-22)20-11-14-29(15-12-20)17-19-8-5-4-6-9-19/h16,19-21H,4-15,17-18H2,1-3H3,(H,27,28,31)/t21-/m0/s1. The lowest BCUT2D eigenvalue weighted by atomic mass is 9.87. The normalized spacial score (nSPS) is 24.6. The van der Waals surface area contributed by atoms with Crippen molar-refractivity contribution < 1.29 is 4.79 Å². The first-order chi connectivity index (χ1) is 15.3. The molecule has 1 aromatic heterocycles. The van der Waals surface area contributed by atoms with Gasteiger partial charge in [-0.1, -0.05) is 40.0 Å². The van der Waals surface area contributed by atoms with E-state index in [0.29, 0.717) is 12.5 Å². The Morgan fingerprint density at radius 3 is 2.41 bits per heavy atom. The van der Waals surface area contributed by atoms with E-state index in [9.17, 15) is 9.59 Å². The van der Waals surface area contributed by atoms with Crippen molar-refractivity contribution in [1.29, 1.82) is 0 Å². The highest BCUT2D eigenvalue weighted by atomic mass is 16.2. The number of amides is 1. The van der Waals surface area contributed by atoms with E-state index in [-0.39, 0.29) is 22.8 Å². The first-order valence-corrected chi connectivity index (χ1v) is 12.9. The van der Waals surface area contributed by atoms with Gasteiger partial charge in [0.25, 0.3) is 5.56 Å². The van der Waals surface area contributed by atoms with Gasteiger partial charge in [-0.2, -0.15) is 0 Å². The predicted molar refractivity (Wildman–Crippen MR) is 128 cm³/mol. The van der Waals surface area contributed by atoms with E-state index in [4.69, 9.17) is 4.98 Å². The molecular weight excluding hydrogens is 400 g/mol. The van der Waals surface area contributed by atoms with Crippen LogP contribution in [0.2, 0.25) is 0 Å². The molecule has 0 bridgehead atoms. The Morgan fingerprint density at radius 2 is 1.72 bits per heavy atom. The molecule has 3 heterocycles. The van der Waals surface area contributed by atoms with Crippen LogP contribution in [0.4, 0.5) is 0 Å². The minimum Gasteiger partial charge on any atom is -0.342 e. The summed E-state index contributed by atoms with van der Waals surface area (Å²) in [6.07, 6.45) is 11.1. The van der Waals surface area contributed by atoms with E-state index in [0.717, 1.165) is 62.8 Å². The molecule has 1 aromatic rings. The van der Waals surface area contributed by atoms with Gasteiger partial charge in [-0.25, -0.2) is 4.98 Å². The number of carbonyl (C=O) groups is 1. The van der Waals surface area contributed by atoms with Gasteiger partial charge >= 0.3 is 0 Å². The van der Waals surface area contributed by atoms with Gasteiger partial charge in [-0.05, 0) is 57.5 Å². The summed E-state index contributed by atoms with van der Waals surface area (Å²) >= 11 is 0. The van der Waals surface area contributed by atoms with Crippen LogP contribution in [0.1, 0.15) is 102 Å². The van der Waals surface area contributed by atoms with Crippen molar-refractivity contribution in [2.24, 2.45) is 11.3 Å². The van der Waals surface area contributed by atoms with Gasteiger partial charge in [0.05, 0.1) is 5.69 Å². The van der Waals surface area contributed by atoms with E-state index in [2.05, 4.69) is 9.88 Å². The smallest absolute Gasteiger partial charge is 0.251 e. The second-order valence-electron chi connectivity index (χ2n) is 11.5. The molecular formula is C26H42N4O2. The van der Waals surface area contributed by atoms with Crippen LogP contribution in [0.3, 0.4) is 0 Å². The Labute approximate surface area is 193 Å². The van der Waals surface area contributed by atoms with Crippen molar-refractivity contribution >= 4 is 5.91 Å². The molecule has 4 rings (SSSR count). The molecule has 1 amide bonds. The van der Waals surface area contributed by atoms with Gasteiger partial charge in [0.1, 0.15) is 5.82 Å². The number of H-pyrrole nitrogens is 1. The number of piperidine rings is 2. The van der Waals surface area contributed by atoms with Crippen LogP contribution in [-0.4, -0.2) is 58.4 Å². The first-order valence-electron chi connectivity index (χ1n) is 12.9. The van der Waals surface area contributed by atoms with E-state index in [1.54, 1.807) is 6.07 Å². The fourth-order valence-electron chi connectivity index (χ4n) is 5.90. The molecule has 2 saturated heterocycles. The zero-order valence-electron chi connectivity index (χ0n) is 20.4. The first kappa shape index (κ1) is 23.5. The van der Waals surface area contributed by atoms with Gasteiger partial charge in [-0.3, -0.25) is 9.59 Å². The number of nitrogens with one attached hydrogen (secondary N) is 1. The van der Waals surface area contributed by atoms with Crippen molar-refractivity contribution in [2.45, 2.75) is 90.4 Å². The van der Waals surface area contributed by atoms with E-state index < -0.39 is 0 Å². The van der Waals surface area contributed by atoms with Crippen LogP contribution < -0.4 is 5.56 Å². The number of nitrogens with zero attached hydrogens (tertiary/aromatic N) is 3. The third-order valence-corrected chi connectivity index (χ3v) is 7.76. The topological polar surface area (TPSA) is 69.3 Å². The highest BCUT2D eigenvalue weighted by Gasteiger charge is 2.32. The van der Waals surface area contributed by atoms with Crippen molar-refractivity contribution in [3.05, 3.63) is 27.9 Å². The van der Waals surface area contributed by atoms with Crippen molar-refractivity contribution in [1.82, 2.24) is 19.8 Å². The zero-order chi connectivity index (χ0) is 22.7. The van der Waals surface area contributed by atoms with Crippen LogP contribution in [0, 0.1) is 11.3 Å². The lowest BCUT2D eigenvalue weighted by Gasteiger charge is -2.37. The molecule has 1 aliphatic carbocycles. The summed E-state index contributed by atoms with van der Waals surface area (Å²) < 4.78 is 0.